The molecule has 3 rings (SSSR count). The minimum Gasteiger partial charge on any atom is -0.495 e. The maximum atomic E-state index is 12.8. The van der Waals surface area contributed by atoms with E-state index in [9.17, 15) is 22.8 Å². The second-order valence-corrected chi connectivity index (χ2v) is 6.37. The summed E-state index contributed by atoms with van der Waals surface area (Å²) in [6, 6.07) is 6.02. The molecular formula is C19H18F3N3O4. The van der Waals surface area contributed by atoms with E-state index in [2.05, 4.69) is 15.6 Å². The van der Waals surface area contributed by atoms with E-state index in [4.69, 9.17) is 9.47 Å². The third-order valence-electron chi connectivity index (χ3n) is 4.33. The minimum atomic E-state index is -4.52. The number of pyridine rings is 1. The Bertz CT molecular complexity index is 918. The second-order valence-electron chi connectivity index (χ2n) is 6.37. The summed E-state index contributed by atoms with van der Waals surface area (Å²) in [5, 5.41) is 5.34. The van der Waals surface area contributed by atoms with Crippen molar-refractivity contribution < 1.29 is 32.2 Å². The summed E-state index contributed by atoms with van der Waals surface area (Å²) in [5.74, 6) is -0.782. The summed E-state index contributed by atoms with van der Waals surface area (Å²) in [4.78, 5) is 27.7. The molecule has 0 spiro atoms. The zero-order chi connectivity index (χ0) is 21.0. The van der Waals surface area contributed by atoms with Gasteiger partial charge in [-0.15, -0.1) is 0 Å². The van der Waals surface area contributed by atoms with Crippen molar-refractivity contribution in [2.45, 2.75) is 19.0 Å². The number of halogens is 3. The highest BCUT2D eigenvalue weighted by atomic mass is 19.4. The zero-order valence-electron chi connectivity index (χ0n) is 15.4. The number of ether oxygens (including phenoxy) is 2. The monoisotopic (exact) mass is 409 g/mol. The van der Waals surface area contributed by atoms with Gasteiger partial charge in [0.05, 0.1) is 18.4 Å². The number of benzene rings is 1. The predicted molar refractivity (Wildman–Crippen MR) is 96.7 cm³/mol. The van der Waals surface area contributed by atoms with E-state index in [1.165, 1.54) is 25.3 Å². The molecule has 7 nitrogen and oxygen atoms in total. The standard InChI is InChI=1S/C19H18F3N3O4/c1-28-15-3-2-13(29-17-9-12(5-7-24-17)19(20,21)22)10-14(15)25-18(27)11-4-6-23-16(26)8-11/h2-3,5,7,9-11H,4,6,8H2,1H3,(H,23,26)(H,25,27). The van der Waals surface area contributed by atoms with Gasteiger partial charge in [0.2, 0.25) is 17.7 Å². The fourth-order valence-electron chi connectivity index (χ4n) is 2.85. The molecular weight excluding hydrogens is 391 g/mol. The number of carbonyl (C=O) groups is 2. The number of rotatable bonds is 5. The van der Waals surface area contributed by atoms with Crippen molar-refractivity contribution in [3.05, 3.63) is 42.1 Å². The number of aromatic nitrogens is 1. The van der Waals surface area contributed by atoms with E-state index < -0.39 is 17.7 Å². The number of piperidine rings is 1. The summed E-state index contributed by atoms with van der Waals surface area (Å²) in [6.45, 7) is 0.415. The van der Waals surface area contributed by atoms with E-state index in [-0.39, 0.29) is 35.6 Å². The average molecular weight is 409 g/mol. The van der Waals surface area contributed by atoms with Crippen LogP contribution < -0.4 is 20.1 Å². The smallest absolute Gasteiger partial charge is 0.416 e. The van der Waals surface area contributed by atoms with Gasteiger partial charge in [-0.3, -0.25) is 9.59 Å². The molecule has 2 N–H and O–H groups in total. The van der Waals surface area contributed by atoms with Gasteiger partial charge in [-0.1, -0.05) is 0 Å². The summed E-state index contributed by atoms with van der Waals surface area (Å²) < 4.78 is 49.2. The Morgan fingerprint density at radius 2 is 2.07 bits per heavy atom. The first kappa shape index (κ1) is 20.4. The molecule has 29 heavy (non-hydrogen) atoms. The highest BCUT2D eigenvalue weighted by molar-refractivity contribution is 5.97. The minimum absolute atomic E-state index is 0.0818. The van der Waals surface area contributed by atoms with Crippen molar-refractivity contribution in [3.8, 4) is 17.4 Å². The van der Waals surface area contributed by atoms with E-state index in [1.807, 2.05) is 0 Å². The summed E-state index contributed by atoms with van der Waals surface area (Å²) in [5.41, 5.74) is -0.618. The number of anilines is 1. The maximum absolute atomic E-state index is 12.8. The molecule has 1 saturated heterocycles. The van der Waals surface area contributed by atoms with Crippen LogP contribution in [0, 0.1) is 5.92 Å². The Balaban J connectivity index is 1.78. The van der Waals surface area contributed by atoms with Crippen LogP contribution in [0.1, 0.15) is 18.4 Å². The third kappa shape index (κ3) is 5.15. The predicted octanol–water partition coefficient (Wildman–Crippen LogP) is 3.37. The van der Waals surface area contributed by atoms with Crippen molar-refractivity contribution in [1.29, 1.82) is 0 Å². The van der Waals surface area contributed by atoms with Crippen LogP contribution in [0.2, 0.25) is 0 Å². The molecule has 1 aromatic heterocycles. The second kappa shape index (κ2) is 8.38. The number of hydrogen-bond donors (Lipinski definition) is 2. The Labute approximate surface area is 164 Å². The van der Waals surface area contributed by atoms with Crippen LogP contribution in [-0.4, -0.2) is 30.5 Å². The fourth-order valence-corrected chi connectivity index (χ4v) is 2.85. The number of amides is 2. The van der Waals surface area contributed by atoms with Crippen molar-refractivity contribution >= 4 is 17.5 Å². The van der Waals surface area contributed by atoms with Gasteiger partial charge in [0.25, 0.3) is 0 Å². The van der Waals surface area contributed by atoms with Crippen molar-refractivity contribution in [3.63, 3.8) is 0 Å². The number of carbonyl (C=O) groups excluding carboxylic acids is 2. The number of nitrogens with one attached hydrogen (secondary N) is 2. The van der Waals surface area contributed by atoms with E-state index in [0.29, 0.717) is 18.7 Å². The quantitative estimate of drug-likeness (QED) is 0.791. The number of nitrogens with zero attached hydrogens (tertiary/aromatic N) is 1. The molecule has 0 aliphatic carbocycles. The average Bonchev–Trinajstić information content (AvgIpc) is 2.68. The molecule has 2 heterocycles. The lowest BCUT2D eigenvalue weighted by Gasteiger charge is -2.22. The normalized spacial score (nSPS) is 16.7. The molecule has 10 heteroatoms. The van der Waals surface area contributed by atoms with Crippen LogP contribution in [0.25, 0.3) is 0 Å². The van der Waals surface area contributed by atoms with Crippen molar-refractivity contribution in [2.24, 2.45) is 5.92 Å². The van der Waals surface area contributed by atoms with E-state index in [0.717, 1.165) is 18.3 Å². The van der Waals surface area contributed by atoms with Gasteiger partial charge in [-0.2, -0.15) is 13.2 Å². The lowest BCUT2D eigenvalue weighted by atomic mass is 9.96. The summed E-state index contributed by atoms with van der Waals surface area (Å²) in [6.07, 6.45) is -2.94. The van der Waals surface area contributed by atoms with Crippen LogP contribution in [0.15, 0.2) is 36.5 Å². The molecule has 2 amide bonds. The van der Waals surface area contributed by atoms with Crippen LogP contribution in [0.5, 0.6) is 17.4 Å². The first-order chi connectivity index (χ1) is 13.8. The van der Waals surface area contributed by atoms with Gasteiger partial charge in [0.15, 0.2) is 0 Å². The third-order valence-corrected chi connectivity index (χ3v) is 4.33. The number of alkyl halides is 3. The van der Waals surface area contributed by atoms with Crippen LogP contribution >= 0.6 is 0 Å². The number of methoxy groups -OCH3 is 1. The molecule has 154 valence electrons. The molecule has 0 saturated carbocycles. The van der Waals surface area contributed by atoms with Crippen molar-refractivity contribution in [2.75, 3.05) is 19.0 Å². The highest BCUT2D eigenvalue weighted by Crippen LogP contribution is 2.34. The fraction of sp³-hybridized carbons (Fsp3) is 0.316. The first-order valence-corrected chi connectivity index (χ1v) is 8.73. The Morgan fingerprint density at radius 3 is 2.76 bits per heavy atom. The van der Waals surface area contributed by atoms with E-state index in [1.54, 1.807) is 0 Å². The van der Waals surface area contributed by atoms with Crippen LogP contribution in [0.4, 0.5) is 18.9 Å². The Hall–Kier alpha value is -3.30. The molecule has 0 radical (unpaired) electrons. The first-order valence-electron chi connectivity index (χ1n) is 8.73. The van der Waals surface area contributed by atoms with Crippen LogP contribution in [-0.2, 0) is 15.8 Å². The zero-order valence-corrected chi connectivity index (χ0v) is 15.4. The molecule has 2 aromatic rings. The van der Waals surface area contributed by atoms with Crippen molar-refractivity contribution in [1.82, 2.24) is 10.3 Å². The van der Waals surface area contributed by atoms with Gasteiger partial charge >= 0.3 is 6.18 Å². The largest absolute Gasteiger partial charge is 0.495 e. The topological polar surface area (TPSA) is 89.6 Å². The molecule has 1 aliphatic heterocycles. The number of hydrogen-bond acceptors (Lipinski definition) is 5. The van der Waals surface area contributed by atoms with Crippen LogP contribution in [0.3, 0.4) is 0 Å². The van der Waals surface area contributed by atoms with Gasteiger partial charge in [-0.05, 0) is 24.6 Å². The Kier molecular flexibility index (Phi) is 5.90. The van der Waals surface area contributed by atoms with Gasteiger partial charge in [-0.25, -0.2) is 4.98 Å². The van der Waals surface area contributed by atoms with Gasteiger partial charge in [0.1, 0.15) is 11.5 Å². The Morgan fingerprint density at radius 1 is 1.28 bits per heavy atom. The van der Waals surface area contributed by atoms with Gasteiger partial charge < -0.3 is 20.1 Å². The maximum Gasteiger partial charge on any atom is 0.416 e. The SMILES string of the molecule is COc1ccc(Oc2cc(C(F)(F)F)ccn2)cc1NC(=O)C1CCNC(=O)C1. The summed E-state index contributed by atoms with van der Waals surface area (Å²) >= 11 is 0. The molecule has 0 bridgehead atoms. The lowest BCUT2D eigenvalue weighted by Crippen LogP contribution is -2.38. The van der Waals surface area contributed by atoms with E-state index >= 15 is 0 Å². The highest BCUT2D eigenvalue weighted by Gasteiger charge is 2.31. The molecule has 1 unspecified atom stereocenters. The molecule has 1 aliphatic rings. The molecule has 1 atom stereocenters. The van der Waals surface area contributed by atoms with Gasteiger partial charge in [0, 0.05) is 37.2 Å². The molecule has 1 fully saturated rings. The lowest BCUT2D eigenvalue weighted by molar-refractivity contribution is -0.137. The molecule has 1 aromatic carbocycles. The summed E-state index contributed by atoms with van der Waals surface area (Å²) in [7, 11) is 1.41.